The molecule has 1 atom stereocenters. The zero-order valence-corrected chi connectivity index (χ0v) is 15.9. The van der Waals surface area contributed by atoms with Crippen molar-refractivity contribution in [3.05, 3.63) is 71.3 Å². The molecule has 6 nitrogen and oxygen atoms in total. The lowest BCUT2D eigenvalue weighted by Gasteiger charge is -2.25. The van der Waals surface area contributed by atoms with Crippen LogP contribution < -0.4 is 4.74 Å². The number of likely N-dealkylation sites (tertiary alicyclic amines) is 1. The first kappa shape index (κ1) is 19.6. The van der Waals surface area contributed by atoms with Crippen LogP contribution in [0.5, 0.6) is 5.75 Å². The lowest BCUT2D eigenvalue weighted by molar-refractivity contribution is -0.140. The summed E-state index contributed by atoms with van der Waals surface area (Å²) in [5.41, 5.74) is 1.25. The van der Waals surface area contributed by atoms with E-state index in [-0.39, 0.29) is 24.5 Å². The molecule has 0 aliphatic carbocycles. The Morgan fingerprint density at radius 2 is 1.86 bits per heavy atom. The minimum Gasteiger partial charge on any atom is -0.507 e. The Morgan fingerprint density at radius 1 is 1.11 bits per heavy atom. The molecule has 0 aromatic heterocycles. The summed E-state index contributed by atoms with van der Waals surface area (Å²) in [6.07, 6.45) is 0. The second-order valence-electron chi connectivity index (χ2n) is 6.36. The molecule has 1 unspecified atom stereocenters. The van der Waals surface area contributed by atoms with Gasteiger partial charge in [-0.1, -0.05) is 42.5 Å². The number of Topliss-reactive ketones (excluding diaryl/α,β-unsaturated/α-hetero) is 1. The van der Waals surface area contributed by atoms with E-state index in [2.05, 4.69) is 0 Å². The molecule has 6 heteroatoms. The summed E-state index contributed by atoms with van der Waals surface area (Å²) in [6, 6.07) is 15.4. The number of aliphatic hydroxyl groups is 1. The van der Waals surface area contributed by atoms with Crippen molar-refractivity contribution in [1.29, 1.82) is 0 Å². The van der Waals surface area contributed by atoms with Crippen LogP contribution >= 0.6 is 0 Å². The summed E-state index contributed by atoms with van der Waals surface area (Å²) >= 11 is 0. The quantitative estimate of drug-likeness (QED) is 0.453. The Bertz CT molecular complexity index is 891. The van der Waals surface area contributed by atoms with E-state index >= 15 is 0 Å². The summed E-state index contributed by atoms with van der Waals surface area (Å²) in [4.78, 5) is 26.9. The predicted octanol–water partition coefficient (Wildman–Crippen LogP) is 3.15. The highest BCUT2D eigenvalue weighted by molar-refractivity contribution is 6.46. The van der Waals surface area contributed by atoms with E-state index in [0.29, 0.717) is 17.9 Å². The normalized spacial score (nSPS) is 18.5. The molecule has 1 amide bonds. The molecule has 3 rings (SSSR count). The Labute approximate surface area is 164 Å². The second-order valence-corrected chi connectivity index (χ2v) is 6.36. The maximum absolute atomic E-state index is 12.8. The van der Waals surface area contributed by atoms with Crippen molar-refractivity contribution < 1.29 is 24.2 Å². The third-order valence-corrected chi connectivity index (χ3v) is 4.61. The highest BCUT2D eigenvalue weighted by Crippen LogP contribution is 2.39. The number of hydrogen-bond donors (Lipinski definition) is 1. The third kappa shape index (κ3) is 3.77. The molecule has 1 aliphatic heterocycles. The third-order valence-electron chi connectivity index (χ3n) is 4.61. The van der Waals surface area contributed by atoms with Crippen molar-refractivity contribution in [3.8, 4) is 5.75 Å². The fourth-order valence-electron chi connectivity index (χ4n) is 3.34. The van der Waals surface area contributed by atoms with Crippen LogP contribution in [0.4, 0.5) is 0 Å². The molecule has 1 heterocycles. The number of nitrogens with zero attached hydrogens (tertiary/aromatic N) is 1. The summed E-state index contributed by atoms with van der Waals surface area (Å²) in [5.74, 6) is -0.984. The molecule has 146 valence electrons. The Balaban J connectivity index is 2.12. The Kier molecular flexibility index (Phi) is 6.11. The molecule has 2 aromatic carbocycles. The molecule has 1 N–H and O–H groups in total. The van der Waals surface area contributed by atoms with Crippen LogP contribution in [-0.2, 0) is 14.3 Å². The summed E-state index contributed by atoms with van der Waals surface area (Å²) in [6.45, 7) is 2.88. The first-order valence-corrected chi connectivity index (χ1v) is 9.14. The van der Waals surface area contributed by atoms with Gasteiger partial charge in [0.2, 0.25) is 0 Å². The zero-order chi connectivity index (χ0) is 20.1. The van der Waals surface area contributed by atoms with E-state index in [4.69, 9.17) is 9.47 Å². The number of methoxy groups -OCH3 is 1. The van der Waals surface area contributed by atoms with Crippen molar-refractivity contribution in [2.45, 2.75) is 13.0 Å². The van der Waals surface area contributed by atoms with E-state index in [1.807, 2.05) is 37.3 Å². The van der Waals surface area contributed by atoms with Gasteiger partial charge in [0.15, 0.2) is 0 Å². The van der Waals surface area contributed by atoms with Crippen LogP contribution in [0.15, 0.2) is 60.2 Å². The molecule has 0 radical (unpaired) electrons. The zero-order valence-electron chi connectivity index (χ0n) is 15.9. The van der Waals surface area contributed by atoms with E-state index in [1.165, 1.54) is 12.0 Å². The summed E-state index contributed by atoms with van der Waals surface area (Å²) < 4.78 is 10.6. The molecular formula is C22H23NO5. The monoisotopic (exact) mass is 381 g/mol. The summed E-state index contributed by atoms with van der Waals surface area (Å²) in [5, 5.41) is 11.0. The maximum Gasteiger partial charge on any atom is 0.295 e. The molecule has 28 heavy (non-hydrogen) atoms. The van der Waals surface area contributed by atoms with Gasteiger partial charge in [0.25, 0.3) is 11.7 Å². The molecule has 1 aliphatic rings. The number of benzene rings is 2. The largest absolute Gasteiger partial charge is 0.507 e. The van der Waals surface area contributed by atoms with Gasteiger partial charge < -0.3 is 19.5 Å². The van der Waals surface area contributed by atoms with Crippen molar-refractivity contribution in [1.82, 2.24) is 4.90 Å². The SMILES string of the molecule is CCOc1cccc(/C(O)=C2/C(=O)C(=O)N(CCOC)C2c2ccccc2)c1. The fourth-order valence-corrected chi connectivity index (χ4v) is 3.34. The van der Waals surface area contributed by atoms with Crippen LogP contribution in [0, 0.1) is 0 Å². The molecule has 1 fully saturated rings. The molecular weight excluding hydrogens is 358 g/mol. The number of hydrogen-bond acceptors (Lipinski definition) is 5. The first-order chi connectivity index (χ1) is 13.6. The van der Waals surface area contributed by atoms with Gasteiger partial charge in [-0.3, -0.25) is 9.59 Å². The second kappa shape index (κ2) is 8.71. The lowest BCUT2D eigenvalue weighted by Crippen LogP contribution is -2.32. The van der Waals surface area contributed by atoms with Crippen LogP contribution in [0.1, 0.15) is 24.1 Å². The van der Waals surface area contributed by atoms with E-state index in [1.54, 1.807) is 24.3 Å². The van der Waals surface area contributed by atoms with Gasteiger partial charge >= 0.3 is 0 Å². The van der Waals surface area contributed by atoms with Gasteiger partial charge in [0.05, 0.1) is 24.8 Å². The van der Waals surface area contributed by atoms with Gasteiger partial charge in [-0.05, 0) is 24.6 Å². The van der Waals surface area contributed by atoms with E-state index in [9.17, 15) is 14.7 Å². The van der Waals surface area contributed by atoms with Gasteiger partial charge in [-0.15, -0.1) is 0 Å². The Hall–Kier alpha value is -3.12. The molecule has 1 saturated heterocycles. The average molecular weight is 381 g/mol. The standard InChI is InChI=1S/C22H23NO5/c1-3-28-17-11-7-10-16(14-17)20(24)18-19(15-8-5-4-6-9-15)23(12-13-27-2)22(26)21(18)25/h4-11,14,19,24H,3,12-13H2,1-2H3/b20-18-. The maximum atomic E-state index is 12.8. The van der Waals surface area contributed by atoms with Crippen LogP contribution in [0.2, 0.25) is 0 Å². The van der Waals surface area contributed by atoms with Crippen LogP contribution in [0.25, 0.3) is 5.76 Å². The number of ketones is 1. The number of carbonyl (C=O) groups excluding carboxylic acids is 2. The minimum atomic E-state index is -0.704. The van der Waals surface area contributed by atoms with Crippen molar-refractivity contribution in [2.24, 2.45) is 0 Å². The topological polar surface area (TPSA) is 76.1 Å². The van der Waals surface area contributed by atoms with Crippen molar-refractivity contribution >= 4 is 17.4 Å². The van der Waals surface area contributed by atoms with Gasteiger partial charge in [-0.2, -0.15) is 0 Å². The van der Waals surface area contributed by atoms with Gasteiger partial charge in [0, 0.05) is 19.2 Å². The highest BCUT2D eigenvalue weighted by Gasteiger charge is 2.45. The van der Waals surface area contributed by atoms with E-state index in [0.717, 1.165) is 5.56 Å². The minimum absolute atomic E-state index is 0.0703. The summed E-state index contributed by atoms with van der Waals surface area (Å²) in [7, 11) is 1.54. The number of aliphatic hydroxyl groups excluding tert-OH is 1. The number of ether oxygens (including phenoxy) is 2. The fraction of sp³-hybridized carbons (Fsp3) is 0.273. The van der Waals surface area contributed by atoms with Gasteiger partial charge in [0.1, 0.15) is 11.5 Å². The predicted molar refractivity (Wildman–Crippen MR) is 105 cm³/mol. The first-order valence-electron chi connectivity index (χ1n) is 9.14. The molecule has 0 spiro atoms. The average Bonchev–Trinajstić information content (AvgIpc) is 2.97. The molecule has 2 aromatic rings. The Morgan fingerprint density at radius 3 is 2.54 bits per heavy atom. The molecule has 0 saturated carbocycles. The number of amides is 1. The van der Waals surface area contributed by atoms with Crippen LogP contribution in [0.3, 0.4) is 0 Å². The smallest absolute Gasteiger partial charge is 0.295 e. The number of carbonyl (C=O) groups is 2. The van der Waals surface area contributed by atoms with Gasteiger partial charge in [-0.25, -0.2) is 0 Å². The van der Waals surface area contributed by atoms with Crippen molar-refractivity contribution in [3.63, 3.8) is 0 Å². The lowest BCUT2D eigenvalue weighted by atomic mass is 9.95. The van der Waals surface area contributed by atoms with E-state index < -0.39 is 17.7 Å². The highest BCUT2D eigenvalue weighted by atomic mass is 16.5. The van der Waals surface area contributed by atoms with Crippen molar-refractivity contribution in [2.75, 3.05) is 26.9 Å². The number of rotatable bonds is 7. The van der Waals surface area contributed by atoms with Crippen LogP contribution in [-0.4, -0.2) is 48.6 Å². The molecule has 0 bridgehead atoms.